The highest BCUT2D eigenvalue weighted by Crippen LogP contribution is 2.40. The summed E-state index contributed by atoms with van der Waals surface area (Å²) in [6, 6.07) is 7.79. The van der Waals surface area contributed by atoms with Crippen molar-refractivity contribution in [2.45, 2.75) is 90.5 Å². The highest BCUT2D eigenvalue weighted by molar-refractivity contribution is 5.90. The number of nitrogens with one attached hydrogen (secondary N) is 2. The van der Waals surface area contributed by atoms with Crippen LogP contribution in [-0.4, -0.2) is 45.8 Å². The van der Waals surface area contributed by atoms with E-state index in [0.29, 0.717) is 49.8 Å². The highest BCUT2D eigenvalue weighted by Gasteiger charge is 2.38. The van der Waals surface area contributed by atoms with E-state index < -0.39 is 11.6 Å². The maximum absolute atomic E-state index is 13.6. The monoisotopic (exact) mass is 591 g/mol. The Balaban J connectivity index is 1.46. The lowest BCUT2D eigenvalue weighted by molar-refractivity contribution is -0.475. The van der Waals surface area contributed by atoms with Gasteiger partial charge in [-0.25, -0.2) is 10.5 Å². The van der Waals surface area contributed by atoms with Gasteiger partial charge >= 0.3 is 0 Å². The van der Waals surface area contributed by atoms with Gasteiger partial charge in [-0.2, -0.15) is 0 Å². The third kappa shape index (κ3) is 6.02. The van der Waals surface area contributed by atoms with Gasteiger partial charge in [0.25, 0.3) is 11.5 Å². The molecule has 2 aliphatic rings. The number of rotatable bonds is 13. The van der Waals surface area contributed by atoms with Crippen LogP contribution >= 0.6 is 0 Å². The van der Waals surface area contributed by atoms with Crippen LogP contribution in [0, 0.1) is 0 Å². The fraction of sp³-hybridized carbons (Fsp3) is 0.500. The van der Waals surface area contributed by atoms with Crippen molar-refractivity contribution >= 4 is 22.8 Å². The maximum Gasteiger partial charge on any atom is 0.300 e. The molecule has 0 bridgehead atoms. The van der Waals surface area contributed by atoms with Crippen LogP contribution in [0.1, 0.15) is 81.5 Å². The Hall–Kier alpha value is -3.80. The van der Waals surface area contributed by atoms with Gasteiger partial charge < -0.3 is 24.5 Å². The summed E-state index contributed by atoms with van der Waals surface area (Å²) in [5.74, 6) is -0.494. The van der Waals surface area contributed by atoms with E-state index in [4.69, 9.17) is 19.7 Å². The quantitative estimate of drug-likeness (QED) is 0.0921. The van der Waals surface area contributed by atoms with Crippen molar-refractivity contribution < 1.29 is 29.4 Å². The number of benzene rings is 1. The molecule has 0 spiro atoms. The van der Waals surface area contributed by atoms with Crippen LogP contribution in [-0.2, 0) is 39.5 Å². The molecule has 0 aliphatic carbocycles. The molecule has 3 N–H and O–H groups in total. The Morgan fingerprint density at radius 3 is 2.72 bits per heavy atom. The number of carbonyl (C=O) groups excluding carboxylic acids is 2. The summed E-state index contributed by atoms with van der Waals surface area (Å²) in [5, 5.41) is 26.6. The van der Waals surface area contributed by atoms with E-state index in [1.807, 2.05) is 18.2 Å². The minimum atomic E-state index is -2.12. The zero-order valence-electron chi connectivity index (χ0n) is 25.0. The van der Waals surface area contributed by atoms with Crippen molar-refractivity contribution in [2.75, 3.05) is 13.2 Å². The second kappa shape index (κ2) is 12.8. The topological polar surface area (TPSA) is 155 Å². The van der Waals surface area contributed by atoms with Gasteiger partial charge in [-0.3, -0.25) is 19.6 Å². The van der Waals surface area contributed by atoms with Crippen LogP contribution < -0.4 is 26.2 Å². The van der Waals surface area contributed by atoms with Gasteiger partial charge in [0.15, 0.2) is 0 Å². The number of ether oxygens (including phenoxy) is 2. The number of carbonyl (C=O) groups is 2. The van der Waals surface area contributed by atoms with Crippen LogP contribution in [0.3, 0.4) is 0 Å². The SMILES string of the molecule is CC[C@@]1([O-])C(=O)OCc2c1cc1n(c2=O)Cc2c-1nc1ccc(OCCCCCCC(=O)NO)cc1c2CCNC(C)C. The molecule has 2 aromatic heterocycles. The molecule has 5 rings (SSSR count). The molecule has 4 heterocycles. The van der Waals surface area contributed by atoms with E-state index >= 15 is 0 Å². The number of amides is 1. The Kier molecular flexibility index (Phi) is 9.14. The van der Waals surface area contributed by atoms with Gasteiger partial charge in [-0.15, -0.1) is 0 Å². The number of fused-ring (bicyclic) bond motifs is 5. The number of pyridine rings is 2. The molecule has 0 saturated carbocycles. The second-order valence-corrected chi connectivity index (χ2v) is 11.6. The molecule has 1 aromatic carbocycles. The number of aromatic nitrogens is 2. The summed E-state index contributed by atoms with van der Waals surface area (Å²) in [7, 11) is 0. The van der Waals surface area contributed by atoms with Crippen LogP contribution in [0.15, 0.2) is 29.1 Å². The van der Waals surface area contributed by atoms with E-state index in [-0.39, 0.29) is 35.6 Å². The lowest BCUT2D eigenvalue weighted by Gasteiger charge is -2.41. The number of unbranched alkanes of at least 4 members (excludes halogenated alkanes) is 3. The Labute approximate surface area is 250 Å². The maximum atomic E-state index is 13.6. The fourth-order valence-corrected chi connectivity index (χ4v) is 5.98. The predicted molar refractivity (Wildman–Crippen MR) is 158 cm³/mol. The molecule has 43 heavy (non-hydrogen) atoms. The summed E-state index contributed by atoms with van der Waals surface area (Å²) in [6.45, 7) is 7.19. The van der Waals surface area contributed by atoms with Gasteiger partial charge in [-0.05, 0) is 61.2 Å². The number of cyclic esters (lactones) is 1. The second-order valence-electron chi connectivity index (χ2n) is 11.6. The van der Waals surface area contributed by atoms with Gasteiger partial charge in [0.05, 0.1) is 35.6 Å². The number of hydrogen-bond acceptors (Lipinski definition) is 9. The largest absolute Gasteiger partial charge is 0.838 e. The summed E-state index contributed by atoms with van der Waals surface area (Å²) >= 11 is 0. The van der Waals surface area contributed by atoms with Crippen molar-refractivity contribution in [1.82, 2.24) is 20.3 Å². The van der Waals surface area contributed by atoms with Gasteiger partial charge in [-0.1, -0.05) is 40.0 Å². The molecule has 11 heteroatoms. The van der Waals surface area contributed by atoms with Gasteiger partial charge in [0.2, 0.25) is 5.91 Å². The zero-order chi connectivity index (χ0) is 30.7. The minimum absolute atomic E-state index is 0.0184. The van der Waals surface area contributed by atoms with E-state index in [9.17, 15) is 19.5 Å². The van der Waals surface area contributed by atoms with Crippen LogP contribution in [0.5, 0.6) is 5.75 Å². The average Bonchev–Trinajstić information content (AvgIpc) is 3.36. The third-order valence-electron chi connectivity index (χ3n) is 8.36. The first-order valence-electron chi connectivity index (χ1n) is 15.1. The lowest BCUT2D eigenvalue weighted by Crippen LogP contribution is -2.53. The normalized spacial score (nSPS) is 17.0. The molecule has 3 aromatic rings. The first-order valence-corrected chi connectivity index (χ1v) is 15.1. The smallest absolute Gasteiger partial charge is 0.300 e. The molecule has 0 fully saturated rings. The molecule has 1 atom stereocenters. The molecule has 2 aliphatic heterocycles. The summed E-state index contributed by atoms with van der Waals surface area (Å²) < 4.78 is 12.9. The minimum Gasteiger partial charge on any atom is -0.838 e. The molecular weight excluding hydrogens is 552 g/mol. The average molecular weight is 592 g/mol. The molecule has 1 amide bonds. The van der Waals surface area contributed by atoms with E-state index in [2.05, 4.69) is 19.2 Å². The van der Waals surface area contributed by atoms with Gasteiger partial charge in [0.1, 0.15) is 12.4 Å². The van der Waals surface area contributed by atoms with E-state index in [0.717, 1.165) is 53.6 Å². The van der Waals surface area contributed by atoms with Crippen molar-refractivity contribution in [3.63, 3.8) is 0 Å². The van der Waals surface area contributed by atoms with Crippen molar-refractivity contribution in [3.8, 4) is 17.1 Å². The summed E-state index contributed by atoms with van der Waals surface area (Å²) in [4.78, 5) is 42.2. The lowest BCUT2D eigenvalue weighted by atomic mass is 9.86. The first-order chi connectivity index (χ1) is 20.7. The summed E-state index contributed by atoms with van der Waals surface area (Å²) in [5.41, 5.74) is 3.63. The Morgan fingerprint density at radius 1 is 1.19 bits per heavy atom. The number of hydroxylamine groups is 1. The van der Waals surface area contributed by atoms with E-state index in [1.165, 1.54) is 0 Å². The van der Waals surface area contributed by atoms with Crippen molar-refractivity contribution in [3.05, 3.63) is 56.9 Å². The number of hydrogen-bond donors (Lipinski definition) is 3. The third-order valence-corrected chi connectivity index (χ3v) is 8.36. The molecule has 230 valence electrons. The standard InChI is InChI=1S/C32H39N4O7/c1-4-32(40)25-16-27-29-23(17-36(27)30(38)24(25)18-43-31(32)39)21(12-13-33-19(2)3)22-15-20(10-11-26(22)34-29)42-14-8-6-5-7-9-28(37)35-41/h10-11,15-16,19,33,41H,4-9,12-14,17-18H2,1-3H3,(H,35,37)/q-1/t32-/m0/s1. The molecule has 11 nitrogen and oxygen atoms in total. The Bertz CT molecular complexity index is 1600. The van der Waals surface area contributed by atoms with Crippen LogP contribution in [0.2, 0.25) is 0 Å². The van der Waals surface area contributed by atoms with Crippen LogP contribution in [0.25, 0.3) is 22.3 Å². The van der Waals surface area contributed by atoms with Crippen molar-refractivity contribution in [1.29, 1.82) is 0 Å². The van der Waals surface area contributed by atoms with Crippen LogP contribution in [0.4, 0.5) is 0 Å². The first kappa shape index (κ1) is 30.7. The number of esters is 1. The van der Waals surface area contributed by atoms with E-state index in [1.54, 1.807) is 23.0 Å². The van der Waals surface area contributed by atoms with Gasteiger partial charge in [0, 0.05) is 29.0 Å². The molecule has 0 radical (unpaired) electrons. The molecule has 0 saturated heterocycles. The summed E-state index contributed by atoms with van der Waals surface area (Å²) in [6.07, 6.45) is 4.30. The molecule has 0 unspecified atom stereocenters. The Morgan fingerprint density at radius 2 is 1.98 bits per heavy atom. The number of nitrogens with zero attached hydrogens (tertiary/aromatic N) is 2. The highest BCUT2D eigenvalue weighted by atomic mass is 16.6. The van der Waals surface area contributed by atoms with Crippen molar-refractivity contribution in [2.24, 2.45) is 0 Å². The fourth-order valence-electron chi connectivity index (χ4n) is 5.98. The predicted octanol–water partition coefficient (Wildman–Crippen LogP) is 2.82. The molecular formula is C32H39N4O7-. The zero-order valence-corrected chi connectivity index (χ0v) is 25.0.